The fourth-order valence-corrected chi connectivity index (χ4v) is 4.93. The van der Waals surface area contributed by atoms with Crippen LogP contribution in [-0.2, 0) is 17.6 Å². The first-order chi connectivity index (χ1) is 19.2. The van der Waals surface area contributed by atoms with E-state index in [9.17, 15) is 27.5 Å². The van der Waals surface area contributed by atoms with E-state index in [1.54, 1.807) is 0 Å². The summed E-state index contributed by atoms with van der Waals surface area (Å²) in [5.41, 5.74) is 5.99. The van der Waals surface area contributed by atoms with Crippen molar-refractivity contribution < 1.29 is 41.7 Å². The van der Waals surface area contributed by atoms with Gasteiger partial charge in [-0.25, -0.2) is 9.37 Å². The van der Waals surface area contributed by atoms with E-state index in [1.165, 1.54) is 38.3 Å². The summed E-state index contributed by atoms with van der Waals surface area (Å²) >= 11 is 5.95. The molecule has 1 saturated carbocycles. The van der Waals surface area contributed by atoms with Gasteiger partial charge in [-0.05, 0) is 56.2 Å². The van der Waals surface area contributed by atoms with E-state index in [2.05, 4.69) is 4.98 Å². The molecular formula is C28H26ClF4N3O5. The molecule has 2 heterocycles. The number of halogens is 5. The number of pyridine rings is 1. The number of alkyl halides is 3. The summed E-state index contributed by atoms with van der Waals surface area (Å²) in [5.74, 6) is -1.38. The molecule has 2 aliphatic rings. The van der Waals surface area contributed by atoms with Crippen LogP contribution in [0.4, 0.5) is 17.6 Å². The maximum Gasteiger partial charge on any atom is 0.414 e. The van der Waals surface area contributed by atoms with Crippen LogP contribution in [0.2, 0.25) is 5.02 Å². The number of fused-ring (bicyclic) bond motifs is 1. The van der Waals surface area contributed by atoms with Crippen LogP contribution in [0.1, 0.15) is 46.9 Å². The van der Waals surface area contributed by atoms with E-state index >= 15 is 0 Å². The lowest BCUT2D eigenvalue weighted by atomic mass is 9.85. The standard InChI is InChI=1S/C28H26ClF4N3O5/c1-26(38,11-16-15(25(34)37)6-8-20(23(16)39-2)41-14-4-5-14)21-10-17-24(40-12-27(17,35)28(31,32)33)22(36-21)13-3-7-19(30)18(29)9-13/h3,6-10,14,38H,4-5,11-12,35H2,1-2H3,(H2,34,37)/t26-,27-/m0/s1. The molecule has 2 atom stereocenters. The Kier molecular flexibility index (Phi) is 7.07. The van der Waals surface area contributed by atoms with Crippen LogP contribution in [0.25, 0.3) is 11.3 Å². The number of rotatable bonds is 8. The van der Waals surface area contributed by atoms with Crippen LogP contribution in [0, 0.1) is 5.82 Å². The molecule has 13 heteroatoms. The first kappa shape index (κ1) is 28.9. The largest absolute Gasteiger partial charge is 0.493 e. The lowest BCUT2D eigenvalue weighted by Crippen LogP contribution is -2.51. The van der Waals surface area contributed by atoms with Crippen molar-refractivity contribution in [2.24, 2.45) is 11.5 Å². The Labute approximate surface area is 237 Å². The number of benzene rings is 2. The van der Waals surface area contributed by atoms with Gasteiger partial charge in [-0.2, -0.15) is 13.2 Å². The molecule has 5 N–H and O–H groups in total. The molecular weight excluding hydrogens is 570 g/mol. The minimum atomic E-state index is -4.93. The molecule has 218 valence electrons. The molecule has 1 amide bonds. The van der Waals surface area contributed by atoms with Gasteiger partial charge >= 0.3 is 6.18 Å². The van der Waals surface area contributed by atoms with E-state index < -0.39 is 41.2 Å². The molecule has 1 aliphatic heterocycles. The quantitative estimate of drug-likeness (QED) is 0.321. The molecule has 5 rings (SSSR count). The smallest absolute Gasteiger partial charge is 0.414 e. The van der Waals surface area contributed by atoms with Crippen LogP contribution in [-0.4, -0.2) is 42.0 Å². The minimum absolute atomic E-state index is 0.0174. The Morgan fingerprint density at radius 2 is 1.95 bits per heavy atom. The maximum atomic E-state index is 14.2. The van der Waals surface area contributed by atoms with Gasteiger partial charge in [-0.3, -0.25) is 4.79 Å². The van der Waals surface area contributed by atoms with E-state index in [4.69, 9.17) is 37.3 Å². The number of primary amides is 1. The average molecular weight is 596 g/mol. The van der Waals surface area contributed by atoms with E-state index in [0.29, 0.717) is 5.75 Å². The van der Waals surface area contributed by atoms with Crippen LogP contribution >= 0.6 is 11.6 Å². The fourth-order valence-electron chi connectivity index (χ4n) is 4.75. The molecule has 1 aromatic heterocycles. The number of ether oxygens (including phenoxy) is 3. The summed E-state index contributed by atoms with van der Waals surface area (Å²) in [4.78, 5) is 16.8. The van der Waals surface area contributed by atoms with Crippen molar-refractivity contribution in [3.8, 4) is 28.5 Å². The zero-order chi connectivity index (χ0) is 29.9. The summed E-state index contributed by atoms with van der Waals surface area (Å²) in [6, 6.07) is 7.45. The van der Waals surface area contributed by atoms with Crippen molar-refractivity contribution in [1.29, 1.82) is 0 Å². The number of aliphatic hydroxyl groups is 1. The highest BCUT2D eigenvalue weighted by molar-refractivity contribution is 6.31. The highest BCUT2D eigenvalue weighted by Crippen LogP contribution is 2.50. The number of methoxy groups -OCH3 is 1. The molecule has 0 unspecified atom stereocenters. The SMILES string of the molecule is COc1c(OC2CC2)ccc(C(N)=O)c1C[C@](C)(O)c1cc2c(c(-c3ccc(F)c(Cl)c3)n1)OC[C@@]2(N)C(F)(F)F. The van der Waals surface area contributed by atoms with Gasteiger partial charge in [-0.15, -0.1) is 0 Å². The van der Waals surface area contributed by atoms with Crippen LogP contribution in [0.5, 0.6) is 17.2 Å². The second-order valence-electron chi connectivity index (χ2n) is 10.4. The minimum Gasteiger partial charge on any atom is -0.493 e. The van der Waals surface area contributed by atoms with Gasteiger partial charge in [0.2, 0.25) is 5.91 Å². The van der Waals surface area contributed by atoms with Gasteiger partial charge in [0.1, 0.15) is 23.7 Å². The molecule has 0 spiro atoms. The number of nitrogens with zero attached hydrogens (tertiary/aromatic N) is 1. The van der Waals surface area contributed by atoms with E-state index in [1.807, 2.05) is 0 Å². The van der Waals surface area contributed by atoms with Crippen molar-refractivity contribution in [2.75, 3.05) is 13.7 Å². The molecule has 1 fully saturated rings. The molecule has 3 aromatic rings. The van der Waals surface area contributed by atoms with E-state index in [0.717, 1.165) is 25.0 Å². The van der Waals surface area contributed by atoms with Gasteiger partial charge in [0.15, 0.2) is 22.8 Å². The van der Waals surface area contributed by atoms with Gasteiger partial charge in [-0.1, -0.05) is 11.6 Å². The average Bonchev–Trinajstić information content (AvgIpc) is 3.64. The number of aromatic nitrogens is 1. The van der Waals surface area contributed by atoms with E-state index in [-0.39, 0.29) is 57.1 Å². The highest BCUT2D eigenvalue weighted by atomic mass is 35.5. The number of nitrogens with two attached hydrogens (primary N) is 2. The Bertz CT molecular complexity index is 1540. The zero-order valence-corrected chi connectivity index (χ0v) is 22.7. The molecule has 41 heavy (non-hydrogen) atoms. The molecule has 0 radical (unpaired) electrons. The Morgan fingerprint density at radius 1 is 1.24 bits per heavy atom. The van der Waals surface area contributed by atoms with Gasteiger partial charge in [0.05, 0.1) is 23.9 Å². The summed E-state index contributed by atoms with van der Waals surface area (Å²) in [5, 5.41) is 11.5. The third kappa shape index (κ3) is 5.15. The predicted molar refractivity (Wildman–Crippen MR) is 140 cm³/mol. The Hall–Kier alpha value is -3.61. The molecule has 2 aromatic carbocycles. The Morgan fingerprint density at radius 3 is 2.54 bits per heavy atom. The zero-order valence-electron chi connectivity index (χ0n) is 21.9. The van der Waals surface area contributed by atoms with Crippen LogP contribution < -0.4 is 25.7 Å². The van der Waals surface area contributed by atoms with Crippen molar-refractivity contribution in [3.05, 3.63) is 69.6 Å². The number of carbonyl (C=O) groups excluding carboxylic acids is 1. The first-order valence-electron chi connectivity index (χ1n) is 12.5. The number of hydrogen-bond acceptors (Lipinski definition) is 7. The van der Waals surface area contributed by atoms with Gasteiger partial charge < -0.3 is 30.8 Å². The summed E-state index contributed by atoms with van der Waals surface area (Å²) in [6.45, 7) is 0.366. The van der Waals surface area contributed by atoms with Crippen molar-refractivity contribution in [1.82, 2.24) is 4.98 Å². The van der Waals surface area contributed by atoms with Gasteiger partial charge in [0, 0.05) is 28.7 Å². The highest BCUT2D eigenvalue weighted by Gasteiger charge is 2.59. The maximum absolute atomic E-state index is 14.2. The lowest BCUT2D eigenvalue weighted by Gasteiger charge is -2.29. The summed E-state index contributed by atoms with van der Waals surface area (Å²) in [7, 11) is 1.35. The molecule has 8 nitrogen and oxygen atoms in total. The third-order valence-corrected chi connectivity index (χ3v) is 7.47. The predicted octanol–water partition coefficient (Wildman–Crippen LogP) is 4.75. The molecule has 0 bridgehead atoms. The normalized spacial score (nSPS) is 19.7. The second-order valence-corrected chi connectivity index (χ2v) is 10.8. The van der Waals surface area contributed by atoms with Crippen molar-refractivity contribution in [3.63, 3.8) is 0 Å². The van der Waals surface area contributed by atoms with Crippen molar-refractivity contribution in [2.45, 2.75) is 49.6 Å². The number of carbonyl (C=O) groups is 1. The number of amides is 1. The molecule has 0 saturated heterocycles. The fraction of sp³-hybridized carbons (Fsp3) is 0.357. The first-order valence-corrected chi connectivity index (χ1v) is 12.9. The third-order valence-electron chi connectivity index (χ3n) is 7.18. The Balaban J connectivity index is 1.68. The van der Waals surface area contributed by atoms with Gasteiger partial charge in [0.25, 0.3) is 0 Å². The van der Waals surface area contributed by atoms with Crippen LogP contribution in [0.15, 0.2) is 36.4 Å². The lowest BCUT2D eigenvalue weighted by molar-refractivity contribution is -0.191. The van der Waals surface area contributed by atoms with Crippen LogP contribution in [0.3, 0.4) is 0 Å². The number of hydrogen-bond donors (Lipinski definition) is 3. The molecule has 1 aliphatic carbocycles. The monoisotopic (exact) mass is 595 g/mol. The second kappa shape index (κ2) is 10.0. The summed E-state index contributed by atoms with van der Waals surface area (Å²) < 4.78 is 73.4. The summed E-state index contributed by atoms with van der Waals surface area (Å²) in [6.07, 6.45) is -3.65. The topological polar surface area (TPSA) is 130 Å². The van der Waals surface area contributed by atoms with Crippen molar-refractivity contribution >= 4 is 17.5 Å².